The maximum absolute atomic E-state index is 12.5. The zero-order valence-corrected chi connectivity index (χ0v) is 11.6. The Hall–Kier alpha value is -2.29. The smallest absolute Gasteiger partial charge is 0.326 e. The van der Waals surface area contributed by atoms with Crippen molar-refractivity contribution in [2.24, 2.45) is 0 Å². The van der Waals surface area contributed by atoms with Crippen LogP contribution in [0.3, 0.4) is 0 Å². The van der Waals surface area contributed by atoms with Crippen molar-refractivity contribution < 1.29 is 4.79 Å². The first kappa shape index (κ1) is 12.7. The lowest BCUT2D eigenvalue weighted by molar-refractivity contribution is 0.249. The van der Waals surface area contributed by atoms with Gasteiger partial charge < -0.3 is 5.32 Å². The van der Waals surface area contributed by atoms with Crippen LogP contribution in [-0.2, 0) is 12.8 Å². The molecule has 2 amide bonds. The molecular weight excluding hydrogens is 248 g/mol. The molecule has 20 heavy (non-hydrogen) atoms. The first-order valence-corrected chi connectivity index (χ1v) is 7.05. The summed E-state index contributed by atoms with van der Waals surface area (Å²) in [6.07, 6.45) is 1.92. The van der Waals surface area contributed by atoms with Gasteiger partial charge in [0.2, 0.25) is 0 Å². The van der Waals surface area contributed by atoms with Crippen LogP contribution in [-0.4, -0.2) is 12.6 Å². The summed E-state index contributed by atoms with van der Waals surface area (Å²) in [5.74, 6) is 0. The van der Waals surface area contributed by atoms with Gasteiger partial charge in [-0.1, -0.05) is 36.4 Å². The van der Waals surface area contributed by atoms with E-state index in [1.165, 1.54) is 11.1 Å². The second-order valence-electron chi connectivity index (χ2n) is 4.93. The summed E-state index contributed by atoms with van der Waals surface area (Å²) in [6, 6.07) is 16.2. The van der Waals surface area contributed by atoms with E-state index in [1.54, 1.807) is 4.90 Å². The number of hydrogen-bond acceptors (Lipinski definition) is 1. The van der Waals surface area contributed by atoms with Crippen LogP contribution in [0.25, 0.3) is 0 Å². The van der Waals surface area contributed by atoms with Crippen LogP contribution in [0.5, 0.6) is 0 Å². The largest absolute Gasteiger partial charge is 0.338 e. The Morgan fingerprint density at radius 3 is 2.00 bits per heavy atom. The van der Waals surface area contributed by atoms with Crippen LogP contribution < -0.4 is 10.2 Å². The molecule has 0 bridgehead atoms. The number of benzene rings is 2. The van der Waals surface area contributed by atoms with Gasteiger partial charge in [-0.2, -0.15) is 0 Å². The van der Waals surface area contributed by atoms with Crippen molar-refractivity contribution in [2.75, 3.05) is 11.4 Å². The van der Waals surface area contributed by atoms with Gasteiger partial charge in [0.25, 0.3) is 0 Å². The maximum atomic E-state index is 12.5. The van der Waals surface area contributed by atoms with Crippen molar-refractivity contribution >= 4 is 17.4 Å². The molecule has 0 radical (unpaired) electrons. The number of aryl methyl sites for hydroxylation is 2. The second kappa shape index (κ2) is 5.37. The topological polar surface area (TPSA) is 32.3 Å². The Labute approximate surface area is 119 Å². The van der Waals surface area contributed by atoms with Gasteiger partial charge in [0.15, 0.2) is 0 Å². The predicted molar refractivity (Wildman–Crippen MR) is 81.5 cm³/mol. The van der Waals surface area contributed by atoms with Gasteiger partial charge in [0.05, 0.1) is 11.4 Å². The number of para-hydroxylation sites is 2. The monoisotopic (exact) mass is 266 g/mol. The summed E-state index contributed by atoms with van der Waals surface area (Å²) >= 11 is 0. The van der Waals surface area contributed by atoms with Crippen LogP contribution in [0.2, 0.25) is 0 Å². The third kappa shape index (κ3) is 2.16. The minimum Gasteiger partial charge on any atom is -0.338 e. The highest BCUT2D eigenvalue weighted by molar-refractivity contribution is 6.01. The van der Waals surface area contributed by atoms with Crippen LogP contribution in [0.1, 0.15) is 18.1 Å². The third-order valence-corrected chi connectivity index (χ3v) is 3.66. The molecule has 1 aliphatic heterocycles. The Bertz CT molecular complexity index is 589. The fraction of sp³-hybridized carbons (Fsp3) is 0.235. The molecule has 1 aliphatic rings. The van der Waals surface area contributed by atoms with Gasteiger partial charge in [-0.25, -0.2) is 4.79 Å². The van der Waals surface area contributed by atoms with Gasteiger partial charge in [-0.3, -0.25) is 4.90 Å². The fourth-order valence-corrected chi connectivity index (χ4v) is 2.73. The van der Waals surface area contributed by atoms with E-state index >= 15 is 0 Å². The average molecular weight is 266 g/mol. The van der Waals surface area contributed by atoms with E-state index in [0.29, 0.717) is 6.54 Å². The van der Waals surface area contributed by atoms with E-state index in [4.69, 9.17) is 0 Å². The predicted octanol–water partition coefficient (Wildman–Crippen LogP) is 3.65. The van der Waals surface area contributed by atoms with E-state index in [9.17, 15) is 4.79 Å². The van der Waals surface area contributed by atoms with Crippen molar-refractivity contribution in [3.63, 3.8) is 0 Å². The van der Waals surface area contributed by atoms with Gasteiger partial charge in [0.1, 0.15) is 0 Å². The third-order valence-electron chi connectivity index (χ3n) is 3.66. The quantitative estimate of drug-likeness (QED) is 0.839. The molecule has 0 spiro atoms. The molecule has 0 atom stereocenters. The molecule has 3 nitrogen and oxygen atoms in total. The van der Waals surface area contributed by atoms with Crippen molar-refractivity contribution in [3.05, 3.63) is 59.7 Å². The molecule has 102 valence electrons. The van der Waals surface area contributed by atoms with E-state index < -0.39 is 0 Å². The van der Waals surface area contributed by atoms with Crippen molar-refractivity contribution in [1.29, 1.82) is 0 Å². The van der Waals surface area contributed by atoms with Crippen LogP contribution in [0.15, 0.2) is 48.5 Å². The first-order chi connectivity index (χ1) is 9.81. The number of rotatable bonds is 1. The highest BCUT2D eigenvalue weighted by Crippen LogP contribution is 2.35. The number of amides is 2. The Morgan fingerprint density at radius 1 is 1.00 bits per heavy atom. The van der Waals surface area contributed by atoms with E-state index in [-0.39, 0.29) is 6.03 Å². The van der Waals surface area contributed by atoms with Crippen LogP contribution >= 0.6 is 0 Å². The average Bonchev–Trinajstić information content (AvgIpc) is 2.64. The first-order valence-electron chi connectivity index (χ1n) is 7.05. The lowest BCUT2D eigenvalue weighted by atomic mass is 10.0. The zero-order chi connectivity index (χ0) is 13.9. The Morgan fingerprint density at radius 2 is 1.50 bits per heavy atom. The summed E-state index contributed by atoms with van der Waals surface area (Å²) in [5.41, 5.74) is 4.41. The van der Waals surface area contributed by atoms with Crippen LogP contribution in [0, 0.1) is 0 Å². The SMILES string of the molecule is CCNC(=O)N1c2ccccc2CCc2ccccc21. The molecular formula is C17H18N2O. The van der Waals surface area contributed by atoms with Crippen LogP contribution in [0.4, 0.5) is 16.2 Å². The van der Waals surface area contributed by atoms with Crippen molar-refractivity contribution in [3.8, 4) is 0 Å². The number of fused-ring (bicyclic) bond motifs is 2. The number of carbonyl (C=O) groups is 1. The molecule has 0 aromatic heterocycles. The summed E-state index contributed by atoms with van der Waals surface area (Å²) in [4.78, 5) is 14.3. The lowest BCUT2D eigenvalue weighted by Gasteiger charge is -2.24. The Balaban J connectivity index is 2.16. The van der Waals surface area contributed by atoms with Crippen molar-refractivity contribution in [1.82, 2.24) is 5.32 Å². The van der Waals surface area contributed by atoms with Gasteiger partial charge in [-0.15, -0.1) is 0 Å². The molecule has 0 aliphatic carbocycles. The number of hydrogen-bond donors (Lipinski definition) is 1. The summed E-state index contributed by atoms with van der Waals surface area (Å²) in [5, 5.41) is 2.91. The summed E-state index contributed by atoms with van der Waals surface area (Å²) in [6.45, 7) is 2.56. The Kier molecular flexibility index (Phi) is 3.42. The molecule has 1 N–H and O–H groups in total. The number of carbonyl (C=O) groups excluding carboxylic acids is 1. The second-order valence-corrected chi connectivity index (χ2v) is 4.93. The normalized spacial score (nSPS) is 13.2. The number of nitrogens with one attached hydrogen (secondary N) is 1. The number of nitrogens with zero attached hydrogens (tertiary/aromatic N) is 1. The summed E-state index contributed by atoms with van der Waals surface area (Å²) in [7, 11) is 0. The minimum atomic E-state index is -0.0608. The molecule has 0 unspecified atom stereocenters. The molecule has 0 saturated heterocycles. The standard InChI is InChI=1S/C17H18N2O/c1-2-18-17(20)19-15-9-5-3-7-13(15)11-12-14-8-4-6-10-16(14)19/h3-10H,2,11-12H2,1H3,(H,18,20). The number of anilines is 2. The van der Waals surface area contributed by atoms with Gasteiger partial charge in [0, 0.05) is 6.54 Å². The molecule has 3 rings (SSSR count). The molecule has 1 heterocycles. The van der Waals surface area contributed by atoms with Gasteiger partial charge in [-0.05, 0) is 43.0 Å². The highest BCUT2D eigenvalue weighted by Gasteiger charge is 2.24. The zero-order valence-electron chi connectivity index (χ0n) is 11.6. The number of urea groups is 1. The maximum Gasteiger partial charge on any atom is 0.326 e. The molecule has 3 heteroatoms. The summed E-state index contributed by atoms with van der Waals surface area (Å²) < 4.78 is 0. The lowest BCUT2D eigenvalue weighted by Crippen LogP contribution is -2.37. The fourth-order valence-electron chi connectivity index (χ4n) is 2.73. The van der Waals surface area contributed by atoms with Crippen molar-refractivity contribution in [2.45, 2.75) is 19.8 Å². The highest BCUT2D eigenvalue weighted by atomic mass is 16.2. The molecule has 0 fully saturated rings. The minimum absolute atomic E-state index is 0.0608. The van der Waals surface area contributed by atoms with E-state index in [1.807, 2.05) is 43.3 Å². The molecule has 0 saturated carbocycles. The molecule has 2 aromatic carbocycles. The van der Waals surface area contributed by atoms with E-state index in [2.05, 4.69) is 17.4 Å². The molecule has 2 aromatic rings. The van der Waals surface area contributed by atoms with E-state index in [0.717, 1.165) is 24.2 Å². The van der Waals surface area contributed by atoms with Gasteiger partial charge >= 0.3 is 6.03 Å².